The molecule has 4 unspecified atom stereocenters. The molecular weight excluding hydrogens is 1090 g/mol. The largest absolute Gasteiger partial charge is 0.481 e. The first kappa shape index (κ1) is 69.4. The Kier molecular flexibility index (Phi) is 29.1. The predicted octanol–water partition coefficient (Wildman–Crippen LogP) is 12.9. The topological polar surface area (TPSA) is 187 Å². The van der Waals surface area contributed by atoms with E-state index in [0.29, 0.717) is 39.0 Å². The van der Waals surface area contributed by atoms with E-state index in [-0.39, 0.29) is 54.4 Å². The Morgan fingerprint density at radius 2 is 0.885 bits per heavy atom. The fraction of sp³-hybridized carbons (Fsp3) is 0.583. The first-order chi connectivity index (χ1) is 41.8. The van der Waals surface area contributed by atoms with Crippen LogP contribution in [0.2, 0.25) is 0 Å². The van der Waals surface area contributed by atoms with E-state index in [9.17, 15) is 28.8 Å². The summed E-state index contributed by atoms with van der Waals surface area (Å²) in [4.78, 5) is 80.5. The van der Waals surface area contributed by atoms with Crippen LogP contribution in [0.15, 0.2) is 121 Å². The van der Waals surface area contributed by atoms with Gasteiger partial charge in [0.1, 0.15) is 17.2 Å². The summed E-state index contributed by atoms with van der Waals surface area (Å²) in [7, 11) is 0. The van der Waals surface area contributed by atoms with Gasteiger partial charge in [0.2, 0.25) is 17.7 Å². The molecule has 4 aliphatic rings. The molecule has 476 valence electrons. The summed E-state index contributed by atoms with van der Waals surface area (Å²) in [5.41, 5.74) is 4.27. The Balaban J connectivity index is 0.000000234. The standard InChI is InChI=1S/C36H51N3O4.C25H34N2O.C11H19NO4/c1-36(2,3)43-35(42)38-25-14-21-30(27-38)34(41)39-26-11-10-24-32(39)33(40)37-31(22-12-19-28-15-6-4-7-16-28)23-13-20-29-17-8-5-9-18-29;28-25(24-19-7-8-20-26-24)27-23(17-9-15-21-11-3-1-4-12-21)18-10-16-22-13-5-2-6-14-22;1-11(2,3)16-10(15)12-6-4-5-8(7-12)9(13)14/h4-9,15-18,30-32H,10-14,19-27H2,1-3H3,(H,37,40);1-6,11-14,23-24,26H,7-10,15-20H2,(H,27,28);8H,4-7H2,1-3H3,(H,13,14). The molecule has 0 radical (unpaired) electrons. The number of nitrogens with one attached hydrogen (secondary N) is 3. The van der Waals surface area contributed by atoms with Crippen molar-refractivity contribution < 1.29 is 43.3 Å². The number of aliphatic carboxylic acids is 1. The molecule has 4 aromatic carbocycles. The summed E-state index contributed by atoms with van der Waals surface area (Å²) in [5, 5.41) is 19.0. The van der Waals surface area contributed by atoms with Crippen LogP contribution in [0.5, 0.6) is 0 Å². The third-order valence-electron chi connectivity index (χ3n) is 16.7. The summed E-state index contributed by atoms with van der Waals surface area (Å²) in [6, 6.07) is 42.1. The quantitative estimate of drug-likeness (QED) is 0.0590. The maximum atomic E-state index is 13.8. The lowest BCUT2D eigenvalue weighted by atomic mass is 9.93. The zero-order chi connectivity index (χ0) is 62.4. The Hall–Kier alpha value is -6.74. The number of benzene rings is 4. The number of hydrogen-bond donors (Lipinski definition) is 4. The molecule has 0 aromatic heterocycles. The molecule has 15 heteroatoms. The molecule has 0 saturated carbocycles. The molecule has 4 aromatic rings. The van der Waals surface area contributed by atoms with Crippen LogP contribution in [-0.4, -0.2) is 130 Å². The minimum Gasteiger partial charge on any atom is -0.481 e. The molecule has 4 N–H and O–H groups in total. The van der Waals surface area contributed by atoms with Crippen molar-refractivity contribution >= 4 is 35.9 Å². The highest BCUT2D eigenvalue weighted by Crippen LogP contribution is 2.27. The molecule has 0 spiro atoms. The van der Waals surface area contributed by atoms with Crippen LogP contribution in [0.1, 0.15) is 179 Å². The van der Waals surface area contributed by atoms with Crippen molar-refractivity contribution in [3.63, 3.8) is 0 Å². The predicted molar refractivity (Wildman–Crippen MR) is 345 cm³/mol. The molecule has 4 heterocycles. The number of hydrogen-bond acceptors (Lipinski definition) is 9. The molecular formula is C72H104N6O9. The molecule has 4 atom stereocenters. The van der Waals surface area contributed by atoms with E-state index in [4.69, 9.17) is 14.6 Å². The molecule has 8 rings (SSSR count). The monoisotopic (exact) mass is 1200 g/mol. The van der Waals surface area contributed by atoms with Crippen molar-refractivity contribution in [1.29, 1.82) is 0 Å². The van der Waals surface area contributed by atoms with Gasteiger partial charge < -0.3 is 45.2 Å². The second-order valence-electron chi connectivity index (χ2n) is 26.3. The summed E-state index contributed by atoms with van der Waals surface area (Å²) >= 11 is 0. The Morgan fingerprint density at radius 1 is 0.494 bits per heavy atom. The molecule has 0 aliphatic carbocycles. The first-order valence-electron chi connectivity index (χ1n) is 32.8. The number of piperidine rings is 4. The second kappa shape index (κ2) is 36.5. The van der Waals surface area contributed by atoms with Gasteiger partial charge in [-0.25, -0.2) is 9.59 Å². The number of aryl methyl sites for hydroxylation is 4. The van der Waals surface area contributed by atoms with Gasteiger partial charge in [-0.05, 0) is 205 Å². The van der Waals surface area contributed by atoms with Crippen LogP contribution in [0.3, 0.4) is 0 Å². The van der Waals surface area contributed by atoms with Gasteiger partial charge >= 0.3 is 18.2 Å². The van der Waals surface area contributed by atoms with Gasteiger partial charge in [0, 0.05) is 44.8 Å². The summed E-state index contributed by atoms with van der Waals surface area (Å²) < 4.78 is 10.8. The maximum Gasteiger partial charge on any atom is 0.410 e. The van der Waals surface area contributed by atoms with Gasteiger partial charge in [0.25, 0.3) is 0 Å². The van der Waals surface area contributed by atoms with E-state index in [1.54, 1.807) is 25.7 Å². The second-order valence-corrected chi connectivity index (χ2v) is 26.3. The number of carboxylic acid groups (broad SMARTS) is 1. The van der Waals surface area contributed by atoms with Crippen molar-refractivity contribution in [1.82, 2.24) is 30.7 Å². The lowest BCUT2D eigenvalue weighted by Crippen LogP contribution is -2.56. The fourth-order valence-electron chi connectivity index (χ4n) is 12.1. The summed E-state index contributed by atoms with van der Waals surface area (Å²) in [6.45, 7) is 14.3. The average Bonchev–Trinajstić information content (AvgIpc) is 3.69. The maximum absolute atomic E-state index is 13.8. The van der Waals surface area contributed by atoms with Gasteiger partial charge in [-0.3, -0.25) is 19.2 Å². The van der Waals surface area contributed by atoms with Crippen LogP contribution in [-0.2, 0) is 54.3 Å². The lowest BCUT2D eigenvalue weighted by molar-refractivity contribution is -0.147. The fourth-order valence-corrected chi connectivity index (χ4v) is 12.1. The van der Waals surface area contributed by atoms with Crippen molar-refractivity contribution in [3.8, 4) is 0 Å². The smallest absolute Gasteiger partial charge is 0.410 e. The van der Waals surface area contributed by atoms with Crippen molar-refractivity contribution in [2.75, 3.05) is 39.3 Å². The normalized spacial score (nSPS) is 18.9. The van der Waals surface area contributed by atoms with E-state index in [0.717, 1.165) is 129 Å². The number of rotatable bonds is 22. The zero-order valence-corrected chi connectivity index (χ0v) is 53.4. The molecule has 15 nitrogen and oxygen atoms in total. The third-order valence-corrected chi connectivity index (χ3v) is 16.7. The number of carboxylic acids is 1. The van der Waals surface area contributed by atoms with Crippen molar-refractivity contribution in [3.05, 3.63) is 144 Å². The molecule has 4 fully saturated rings. The first-order valence-corrected chi connectivity index (χ1v) is 32.8. The number of carbonyl (C=O) groups is 6. The highest BCUT2D eigenvalue weighted by Gasteiger charge is 2.39. The average molecular weight is 1200 g/mol. The van der Waals surface area contributed by atoms with Crippen molar-refractivity contribution in [2.45, 2.75) is 218 Å². The van der Waals surface area contributed by atoms with Crippen molar-refractivity contribution in [2.24, 2.45) is 11.8 Å². The molecule has 4 saturated heterocycles. The Morgan fingerprint density at radius 3 is 1.28 bits per heavy atom. The Bertz CT molecular complexity index is 2570. The van der Waals surface area contributed by atoms with Gasteiger partial charge in [-0.15, -0.1) is 0 Å². The number of carbonyl (C=O) groups excluding carboxylic acids is 5. The minimum absolute atomic E-state index is 0.000466. The van der Waals surface area contributed by atoms with Crippen LogP contribution in [0.25, 0.3) is 0 Å². The van der Waals surface area contributed by atoms with Gasteiger partial charge in [-0.1, -0.05) is 128 Å². The summed E-state index contributed by atoms with van der Waals surface area (Å²) in [6.07, 6.45) is 20.1. The number of likely N-dealkylation sites (tertiary alicyclic amines) is 3. The highest BCUT2D eigenvalue weighted by atomic mass is 16.6. The molecule has 0 bridgehead atoms. The number of nitrogens with zero attached hydrogens (tertiary/aromatic N) is 3. The number of amides is 5. The van der Waals surface area contributed by atoms with Crippen LogP contribution in [0.4, 0.5) is 9.59 Å². The molecule has 5 amide bonds. The molecule has 4 aliphatic heterocycles. The minimum atomic E-state index is -0.840. The van der Waals surface area contributed by atoms with Crippen LogP contribution in [0, 0.1) is 11.8 Å². The number of ether oxygens (including phenoxy) is 2. The van der Waals surface area contributed by atoms with E-state index in [1.165, 1.54) is 33.6 Å². The van der Waals surface area contributed by atoms with E-state index in [2.05, 4.69) is 125 Å². The van der Waals surface area contributed by atoms with E-state index >= 15 is 0 Å². The zero-order valence-electron chi connectivity index (χ0n) is 53.4. The summed E-state index contributed by atoms with van der Waals surface area (Å²) in [5.74, 6) is -1.43. The van der Waals surface area contributed by atoms with Gasteiger partial charge in [-0.2, -0.15) is 0 Å². The van der Waals surface area contributed by atoms with E-state index in [1.807, 2.05) is 37.8 Å². The third kappa shape index (κ3) is 26.2. The van der Waals surface area contributed by atoms with E-state index < -0.39 is 35.2 Å². The highest BCUT2D eigenvalue weighted by molar-refractivity contribution is 5.89. The van der Waals surface area contributed by atoms with Crippen LogP contribution >= 0.6 is 0 Å². The van der Waals surface area contributed by atoms with Crippen LogP contribution < -0.4 is 16.0 Å². The van der Waals surface area contributed by atoms with Gasteiger partial charge in [0.15, 0.2) is 0 Å². The SMILES string of the molecule is CC(C)(C)OC(=O)N1CCCC(C(=O)N2CCCCC2C(=O)NC(CCCc2ccccc2)CCCc2ccccc2)C1.CC(C)(C)OC(=O)N1CCCC(C(=O)O)C1.O=C(NC(CCCc1ccccc1)CCCc1ccccc1)C1CCCCN1. The lowest BCUT2D eigenvalue weighted by Gasteiger charge is -2.40. The Labute approximate surface area is 520 Å². The molecule has 87 heavy (non-hydrogen) atoms. The van der Waals surface area contributed by atoms with Gasteiger partial charge in [0.05, 0.1) is 17.9 Å².